The number of carbonyl (C=O) groups excluding carboxylic acids is 1. The van der Waals surface area contributed by atoms with E-state index in [1.54, 1.807) is 11.1 Å². The first-order valence-electron chi connectivity index (χ1n) is 11.3. The molecule has 1 amide bonds. The first-order chi connectivity index (χ1) is 16.1. The maximum absolute atomic E-state index is 12.9. The summed E-state index contributed by atoms with van der Waals surface area (Å²) in [6.07, 6.45) is 4.10. The summed E-state index contributed by atoms with van der Waals surface area (Å²) < 4.78 is 7.17. The average Bonchev–Trinajstić information content (AvgIpc) is 3.60. The van der Waals surface area contributed by atoms with Crippen molar-refractivity contribution in [2.75, 3.05) is 31.6 Å². The average molecular weight is 447 g/mol. The van der Waals surface area contributed by atoms with Gasteiger partial charge in [0.1, 0.15) is 5.39 Å². The Labute approximate surface area is 191 Å². The quantitative estimate of drug-likeness (QED) is 0.601. The minimum atomic E-state index is -0.233. The Morgan fingerprint density at radius 3 is 2.82 bits per heavy atom. The van der Waals surface area contributed by atoms with Gasteiger partial charge in [-0.05, 0) is 55.5 Å². The molecule has 9 heteroatoms. The van der Waals surface area contributed by atoms with E-state index in [1.165, 1.54) is 0 Å². The lowest BCUT2D eigenvalue weighted by atomic mass is 10.1. The van der Waals surface area contributed by atoms with Crippen LogP contribution in [0.5, 0.6) is 0 Å². The second-order valence-electron chi connectivity index (χ2n) is 8.69. The summed E-state index contributed by atoms with van der Waals surface area (Å²) in [5, 5.41) is 17.8. The zero-order valence-corrected chi connectivity index (χ0v) is 18.5. The van der Waals surface area contributed by atoms with Gasteiger partial charge in [-0.3, -0.25) is 14.3 Å². The van der Waals surface area contributed by atoms with E-state index < -0.39 is 0 Å². The molecule has 9 nitrogen and oxygen atoms in total. The number of hydrogen-bond donors (Lipinski definition) is 2. The third kappa shape index (κ3) is 4.10. The first kappa shape index (κ1) is 21.2. The van der Waals surface area contributed by atoms with Gasteiger partial charge in [0.05, 0.1) is 37.3 Å². The Balaban J connectivity index is 1.47. The van der Waals surface area contributed by atoms with Crippen molar-refractivity contribution in [3.8, 4) is 6.07 Å². The number of fused-ring (bicyclic) bond motifs is 1. The molecule has 2 N–H and O–H groups in total. The zero-order valence-electron chi connectivity index (χ0n) is 18.5. The molecular formula is C24H26N6O3. The number of anilines is 2. The van der Waals surface area contributed by atoms with Crippen molar-refractivity contribution in [1.29, 1.82) is 5.26 Å². The summed E-state index contributed by atoms with van der Waals surface area (Å²) in [7, 11) is 0. The highest BCUT2D eigenvalue weighted by Gasteiger charge is 2.34. The van der Waals surface area contributed by atoms with Crippen molar-refractivity contribution in [2.24, 2.45) is 5.92 Å². The molecular weight excluding hydrogens is 420 g/mol. The molecule has 1 aromatic carbocycles. The largest absolute Gasteiger partial charge is 0.378 e. The van der Waals surface area contributed by atoms with Gasteiger partial charge in [-0.2, -0.15) is 10.4 Å². The normalized spacial score (nSPS) is 17.0. The predicted octanol–water partition coefficient (Wildman–Crippen LogP) is 3.11. The van der Waals surface area contributed by atoms with Crippen LogP contribution in [-0.2, 0) is 4.74 Å². The Hall–Kier alpha value is -3.64. The van der Waals surface area contributed by atoms with Crippen LogP contribution in [0.15, 0.2) is 35.3 Å². The minimum absolute atomic E-state index is 0.00250. The number of hydrogen-bond acceptors (Lipinski definition) is 6. The first-order valence-corrected chi connectivity index (χ1v) is 11.3. The van der Waals surface area contributed by atoms with Crippen LogP contribution < -0.4 is 10.9 Å². The number of nitrogens with zero attached hydrogens (tertiary/aromatic N) is 4. The van der Waals surface area contributed by atoms with E-state index in [0.717, 1.165) is 24.1 Å². The summed E-state index contributed by atoms with van der Waals surface area (Å²) >= 11 is 0. The third-order valence-electron chi connectivity index (χ3n) is 6.43. The van der Waals surface area contributed by atoms with Crippen molar-refractivity contribution in [3.63, 3.8) is 0 Å². The number of aryl methyl sites for hydroxylation is 1. The van der Waals surface area contributed by atoms with E-state index in [9.17, 15) is 14.9 Å². The molecule has 2 aromatic heterocycles. The topological polar surface area (TPSA) is 116 Å². The van der Waals surface area contributed by atoms with Gasteiger partial charge in [-0.25, -0.2) is 0 Å². The molecule has 1 atom stereocenters. The van der Waals surface area contributed by atoms with Crippen LogP contribution in [-0.4, -0.2) is 51.9 Å². The lowest BCUT2D eigenvalue weighted by molar-refractivity contribution is 0.0302. The van der Waals surface area contributed by atoms with E-state index in [2.05, 4.69) is 16.4 Å². The van der Waals surface area contributed by atoms with Gasteiger partial charge in [0.25, 0.3) is 11.5 Å². The summed E-state index contributed by atoms with van der Waals surface area (Å²) in [5.74, 6) is 0.854. The number of aromatic nitrogens is 3. The summed E-state index contributed by atoms with van der Waals surface area (Å²) in [6, 6.07) is 9.57. The number of nitriles is 1. The van der Waals surface area contributed by atoms with Gasteiger partial charge < -0.3 is 19.9 Å². The van der Waals surface area contributed by atoms with Crippen LogP contribution in [0.3, 0.4) is 0 Å². The molecule has 3 aromatic rings. The Morgan fingerprint density at radius 2 is 2.12 bits per heavy atom. The molecule has 3 heterocycles. The second kappa shape index (κ2) is 8.71. The Bertz CT molecular complexity index is 1290. The highest BCUT2D eigenvalue weighted by Crippen LogP contribution is 2.43. The smallest absolute Gasteiger partial charge is 0.261 e. The fourth-order valence-corrected chi connectivity index (χ4v) is 4.52. The van der Waals surface area contributed by atoms with Gasteiger partial charge in [0, 0.05) is 30.5 Å². The number of morpholine rings is 1. The number of rotatable bonds is 6. The van der Waals surface area contributed by atoms with Crippen LogP contribution in [0.25, 0.3) is 10.9 Å². The lowest BCUT2D eigenvalue weighted by Crippen LogP contribution is -2.40. The molecule has 2 fully saturated rings. The van der Waals surface area contributed by atoms with Crippen molar-refractivity contribution < 1.29 is 9.53 Å². The Kier molecular flexibility index (Phi) is 5.60. The molecule has 0 radical (unpaired) electrons. The van der Waals surface area contributed by atoms with E-state index in [-0.39, 0.29) is 17.5 Å². The zero-order chi connectivity index (χ0) is 22.9. The van der Waals surface area contributed by atoms with Crippen molar-refractivity contribution in [2.45, 2.75) is 32.2 Å². The van der Waals surface area contributed by atoms with Crippen molar-refractivity contribution in [1.82, 2.24) is 19.7 Å². The molecule has 1 saturated heterocycles. The molecule has 5 rings (SSSR count). The molecule has 2 aliphatic rings. The van der Waals surface area contributed by atoms with Crippen LogP contribution in [0.1, 0.15) is 41.2 Å². The molecule has 1 unspecified atom stereocenters. The minimum Gasteiger partial charge on any atom is -0.378 e. The summed E-state index contributed by atoms with van der Waals surface area (Å²) in [5.41, 5.74) is 2.71. The van der Waals surface area contributed by atoms with E-state index in [4.69, 9.17) is 9.84 Å². The fraction of sp³-hybridized carbons (Fsp3) is 0.417. The standard InChI is InChI=1S/C24H26N6O3/c1-15-14-17(4-5-18(15)24(32)29-10-12-33-13-11-29)27-22-21-20(7-9-26-23(21)31)30(28-22)19(6-8-25)16-2-3-16/h4-5,7,9,14,16,19H,2-3,6,10-13H2,1H3,(H,26,31)(H,27,28). The number of ether oxygens (including phenoxy) is 1. The number of amides is 1. The molecule has 1 saturated carbocycles. The van der Waals surface area contributed by atoms with Crippen LogP contribution in [0.4, 0.5) is 11.5 Å². The van der Waals surface area contributed by atoms with Crippen LogP contribution in [0, 0.1) is 24.2 Å². The Morgan fingerprint density at radius 1 is 1.33 bits per heavy atom. The van der Waals surface area contributed by atoms with Gasteiger partial charge in [-0.1, -0.05) is 0 Å². The van der Waals surface area contributed by atoms with Crippen LogP contribution in [0.2, 0.25) is 0 Å². The molecule has 1 aliphatic heterocycles. The molecule has 0 spiro atoms. The number of carbonyl (C=O) groups is 1. The molecule has 33 heavy (non-hydrogen) atoms. The highest BCUT2D eigenvalue weighted by molar-refractivity contribution is 5.96. The van der Waals surface area contributed by atoms with E-state index in [1.807, 2.05) is 35.9 Å². The number of benzene rings is 1. The summed E-state index contributed by atoms with van der Waals surface area (Å²) in [6.45, 7) is 4.20. The predicted molar refractivity (Wildman–Crippen MR) is 124 cm³/mol. The van der Waals surface area contributed by atoms with Crippen LogP contribution >= 0.6 is 0 Å². The SMILES string of the molecule is Cc1cc(Nc2nn(C(CC#N)C3CC3)c3cc[nH]c(=O)c23)ccc1C(=O)N1CCOCC1. The number of nitrogens with one attached hydrogen (secondary N) is 2. The maximum atomic E-state index is 12.9. The highest BCUT2D eigenvalue weighted by atomic mass is 16.5. The molecule has 170 valence electrons. The maximum Gasteiger partial charge on any atom is 0.261 e. The second-order valence-corrected chi connectivity index (χ2v) is 8.69. The third-order valence-corrected chi connectivity index (χ3v) is 6.43. The fourth-order valence-electron chi connectivity index (χ4n) is 4.52. The number of H-pyrrole nitrogens is 1. The van der Waals surface area contributed by atoms with E-state index >= 15 is 0 Å². The van der Waals surface area contributed by atoms with Gasteiger partial charge >= 0.3 is 0 Å². The van der Waals surface area contributed by atoms with Gasteiger partial charge in [0.15, 0.2) is 5.82 Å². The van der Waals surface area contributed by atoms with E-state index in [0.29, 0.717) is 60.9 Å². The monoisotopic (exact) mass is 446 g/mol. The number of pyridine rings is 1. The lowest BCUT2D eigenvalue weighted by Gasteiger charge is -2.27. The van der Waals surface area contributed by atoms with Crippen molar-refractivity contribution >= 4 is 28.3 Å². The number of aromatic amines is 1. The molecule has 1 aliphatic carbocycles. The van der Waals surface area contributed by atoms with Gasteiger partial charge in [0.2, 0.25) is 0 Å². The molecule has 0 bridgehead atoms. The van der Waals surface area contributed by atoms with Crippen molar-refractivity contribution in [3.05, 3.63) is 51.9 Å². The summed E-state index contributed by atoms with van der Waals surface area (Å²) in [4.78, 5) is 30.1. The van der Waals surface area contributed by atoms with Gasteiger partial charge in [-0.15, -0.1) is 0 Å².